The second-order valence-corrected chi connectivity index (χ2v) is 6.41. The molecule has 1 unspecified atom stereocenters. The van der Waals surface area contributed by atoms with E-state index in [2.05, 4.69) is 9.97 Å². The number of hydrogen-bond acceptors (Lipinski definition) is 4. The Kier molecular flexibility index (Phi) is 4.01. The zero-order valence-corrected chi connectivity index (χ0v) is 14.4. The lowest BCUT2D eigenvalue weighted by Crippen LogP contribution is -2.44. The van der Waals surface area contributed by atoms with Gasteiger partial charge in [0.25, 0.3) is 0 Å². The zero-order valence-electron chi connectivity index (χ0n) is 14.4. The zero-order chi connectivity index (χ0) is 17.4. The molecule has 1 aliphatic heterocycles. The largest absolute Gasteiger partial charge is 0.367 e. The monoisotopic (exact) mass is 339 g/mol. The number of amides is 1. The van der Waals surface area contributed by atoms with Crippen LogP contribution in [0.15, 0.2) is 36.8 Å². The predicted molar refractivity (Wildman–Crippen MR) is 93.0 cm³/mol. The fourth-order valence-corrected chi connectivity index (χ4v) is 3.35. The number of para-hydroxylation sites is 2. The second kappa shape index (κ2) is 6.33. The lowest BCUT2D eigenvalue weighted by atomic mass is 10.2. The van der Waals surface area contributed by atoms with Crippen LogP contribution >= 0.6 is 0 Å². The van der Waals surface area contributed by atoms with Gasteiger partial charge >= 0.3 is 0 Å². The van der Waals surface area contributed by atoms with Crippen LogP contribution < -0.4 is 0 Å². The first-order chi connectivity index (χ1) is 12.1. The molecule has 25 heavy (non-hydrogen) atoms. The Bertz CT molecular complexity index is 913. The van der Waals surface area contributed by atoms with Gasteiger partial charge in [-0.1, -0.05) is 12.1 Å². The number of fused-ring (bicyclic) bond motifs is 1. The molecule has 0 saturated carbocycles. The summed E-state index contributed by atoms with van der Waals surface area (Å²) in [5, 5.41) is 0. The molecule has 1 aliphatic rings. The maximum absolute atomic E-state index is 12.8. The average Bonchev–Trinajstić information content (AvgIpc) is 3.18. The van der Waals surface area contributed by atoms with E-state index in [1.54, 1.807) is 6.33 Å². The first-order valence-electron chi connectivity index (χ1n) is 8.41. The third-order valence-electron chi connectivity index (χ3n) is 4.57. The first-order valence-corrected chi connectivity index (χ1v) is 8.41. The molecule has 7 nitrogen and oxygen atoms in total. The van der Waals surface area contributed by atoms with Crippen LogP contribution in [0.2, 0.25) is 0 Å². The van der Waals surface area contributed by atoms with Crippen molar-refractivity contribution in [3.63, 3.8) is 0 Å². The topological polar surface area (TPSA) is 65.2 Å². The number of carbonyl (C=O) groups excluding carboxylic acids is 1. The minimum Gasteiger partial charge on any atom is -0.367 e. The number of nitrogens with zero attached hydrogens (tertiary/aromatic N) is 5. The predicted octanol–water partition coefficient (Wildman–Crippen LogP) is 1.68. The molecule has 0 N–H and O–H groups in total. The van der Waals surface area contributed by atoms with Gasteiger partial charge in [0.2, 0.25) is 5.91 Å². The van der Waals surface area contributed by atoms with Crippen molar-refractivity contribution < 1.29 is 9.53 Å². The summed E-state index contributed by atoms with van der Waals surface area (Å²) in [6.45, 7) is 3.89. The van der Waals surface area contributed by atoms with Crippen molar-refractivity contribution >= 4 is 16.9 Å². The fourth-order valence-electron chi connectivity index (χ4n) is 3.35. The van der Waals surface area contributed by atoms with E-state index in [0.717, 1.165) is 22.6 Å². The number of aryl methyl sites for hydroxylation is 2. The minimum atomic E-state index is -0.184. The number of ether oxygens (including phenoxy) is 1. The molecule has 1 amide bonds. The molecule has 0 aliphatic carbocycles. The maximum atomic E-state index is 12.8. The highest BCUT2D eigenvalue weighted by atomic mass is 16.5. The van der Waals surface area contributed by atoms with E-state index in [1.165, 1.54) is 0 Å². The summed E-state index contributed by atoms with van der Waals surface area (Å²) in [6, 6.07) is 7.83. The Labute approximate surface area is 145 Å². The third kappa shape index (κ3) is 3.02. The van der Waals surface area contributed by atoms with Crippen LogP contribution in [0, 0.1) is 6.92 Å². The number of benzene rings is 1. The Morgan fingerprint density at radius 2 is 2.20 bits per heavy atom. The minimum absolute atomic E-state index is 0.0717. The molecule has 7 heteroatoms. The molecular weight excluding hydrogens is 318 g/mol. The third-order valence-corrected chi connectivity index (χ3v) is 4.57. The molecule has 2 aromatic heterocycles. The number of morpholine rings is 1. The standard InChI is InChI=1S/C18H21N5O2/c1-13-9-21(2)18(20-13)16-10-22(7-8-25-16)17(24)11-23-12-19-14-5-3-4-6-15(14)23/h3-6,9,12,16H,7-8,10-11H2,1-2H3. The van der Waals surface area contributed by atoms with E-state index in [-0.39, 0.29) is 18.6 Å². The SMILES string of the molecule is Cc1cn(C)c(C2CN(C(=O)Cn3cnc4ccccc43)CCO2)n1. The van der Waals surface area contributed by atoms with Crippen LogP contribution in [0.1, 0.15) is 17.6 Å². The highest BCUT2D eigenvalue weighted by molar-refractivity contribution is 5.80. The highest BCUT2D eigenvalue weighted by Gasteiger charge is 2.28. The van der Waals surface area contributed by atoms with Gasteiger partial charge in [-0.05, 0) is 19.1 Å². The second-order valence-electron chi connectivity index (χ2n) is 6.41. The Morgan fingerprint density at radius 1 is 1.36 bits per heavy atom. The van der Waals surface area contributed by atoms with E-state index in [4.69, 9.17) is 4.74 Å². The van der Waals surface area contributed by atoms with Crippen molar-refractivity contribution in [2.45, 2.75) is 19.6 Å². The summed E-state index contributed by atoms with van der Waals surface area (Å²) < 4.78 is 9.71. The Hall–Kier alpha value is -2.67. The van der Waals surface area contributed by atoms with Crippen LogP contribution in [0.4, 0.5) is 0 Å². The Balaban J connectivity index is 1.49. The van der Waals surface area contributed by atoms with E-state index < -0.39 is 0 Å². The number of carbonyl (C=O) groups is 1. The van der Waals surface area contributed by atoms with Gasteiger partial charge in [-0.3, -0.25) is 4.79 Å². The van der Waals surface area contributed by atoms with E-state index >= 15 is 0 Å². The van der Waals surface area contributed by atoms with Crippen molar-refractivity contribution in [2.75, 3.05) is 19.7 Å². The van der Waals surface area contributed by atoms with Crippen molar-refractivity contribution in [3.05, 3.63) is 48.3 Å². The van der Waals surface area contributed by atoms with Gasteiger partial charge < -0.3 is 18.8 Å². The first kappa shape index (κ1) is 15.8. The van der Waals surface area contributed by atoms with Gasteiger partial charge in [0.1, 0.15) is 18.5 Å². The molecule has 0 spiro atoms. The molecule has 4 rings (SSSR count). The van der Waals surface area contributed by atoms with Crippen molar-refractivity contribution in [2.24, 2.45) is 7.05 Å². The van der Waals surface area contributed by atoms with Gasteiger partial charge in [0.15, 0.2) is 0 Å². The molecule has 1 atom stereocenters. The molecular formula is C18H21N5O2. The summed E-state index contributed by atoms with van der Waals surface area (Å²) in [4.78, 5) is 23.5. The van der Waals surface area contributed by atoms with Crippen LogP contribution in [0.5, 0.6) is 0 Å². The summed E-state index contributed by atoms with van der Waals surface area (Å²) in [5.41, 5.74) is 2.83. The average molecular weight is 339 g/mol. The molecule has 0 bridgehead atoms. The van der Waals surface area contributed by atoms with Gasteiger partial charge in [-0.2, -0.15) is 0 Å². The summed E-state index contributed by atoms with van der Waals surface area (Å²) in [7, 11) is 1.96. The van der Waals surface area contributed by atoms with Gasteiger partial charge in [0.05, 0.1) is 36.2 Å². The number of rotatable bonds is 3. The molecule has 130 valence electrons. The van der Waals surface area contributed by atoms with Crippen LogP contribution in [0.25, 0.3) is 11.0 Å². The van der Waals surface area contributed by atoms with E-state index in [0.29, 0.717) is 19.7 Å². The van der Waals surface area contributed by atoms with Gasteiger partial charge in [0, 0.05) is 19.8 Å². The number of imidazole rings is 2. The molecule has 1 fully saturated rings. The van der Waals surface area contributed by atoms with Crippen LogP contribution in [0.3, 0.4) is 0 Å². The highest BCUT2D eigenvalue weighted by Crippen LogP contribution is 2.22. The normalized spacial score (nSPS) is 18.0. The lowest BCUT2D eigenvalue weighted by Gasteiger charge is -2.32. The fraction of sp³-hybridized carbons (Fsp3) is 0.389. The Morgan fingerprint density at radius 3 is 3.00 bits per heavy atom. The van der Waals surface area contributed by atoms with Crippen molar-refractivity contribution in [3.8, 4) is 0 Å². The molecule has 1 aromatic carbocycles. The number of aromatic nitrogens is 4. The van der Waals surface area contributed by atoms with Gasteiger partial charge in [-0.25, -0.2) is 9.97 Å². The summed E-state index contributed by atoms with van der Waals surface area (Å²) in [6.07, 6.45) is 3.51. The van der Waals surface area contributed by atoms with E-state index in [1.807, 2.05) is 58.5 Å². The smallest absolute Gasteiger partial charge is 0.242 e. The van der Waals surface area contributed by atoms with Crippen molar-refractivity contribution in [1.29, 1.82) is 0 Å². The summed E-state index contributed by atoms with van der Waals surface area (Å²) in [5.74, 6) is 0.936. The van der Waals surface area contributed by atoms with Crippen molar-refractivity contribution in [1.82, 2.24) is 24.0 Å². The van der Waals surface area contributed by atoms with Crippen LogP contribution in [-0.2, 0) is 23.1 Å². The summed E-state index contributed by atoms with van der Waals surface area (Å²) >= 11 is 0. The molecule has 3 aromatic rings. The van der Waals surface area contributed by atoms with Crippen LogP contribution in [-0.4, -0.2) is 49.6 Å². The number of hydrogen-bond donors (Lipinski definition) is 0. The van der Waals surface area contributed by atoms with Gasteiger partial charge in [-0.15, -0.1) is 0 Å². The quantitative estimate of drug-likeness (QED) is 0.728. The molecule has 0 radical (unpaired) electrons. The maximum Gasteiger partial charge on any atom is 0.242 e. The van der Waals surface area contributed by atoms with E-state index in [9.17, 15) is 4.79 Å². The molecule has 1 saturated heterocycles. The lowest BCUT2D eigenvalue weighted by molar-refractivity contribution is -0.140. The molecule has 3 heterocycles.